The third-order valence-electron chi connectivity index (χ3n) is 2.37. The summed E-state index contributed by atoms with van der Waals surface area (Å²) in [7, 11) is 0. The molecule has 6 heteroatoms. The van der Waals surface area contributed by atoms with E-state index in [1.807, 2.05) is 0 Å². The fourth-order valence-corrected chi connectivity index (χ4v) is 2.07. The number of H-pyrrole nitrogens is 1. The Balaban J connectivity index is 2.25. The van der Waals surface area contributed by atoms with E-state index in [0.717, 1.165) is 5.33 Å². The minimum atomic E-state index is -0.428. The van der Waals surface area contributed by atoms with Gasteiger partial charge in [-0.25, -0.2) is 9.78 Å². The summed E-state index contributed by atoms with van der Waals surface area (Å²) in [6.45, 7) is 0.643. The predicted octanol–water partition coefficient (Wildman–Crippen LogP) is 0.518. The van der Waals surface area contributed by atoms with Crippen LogP contribution in [-0.2, 0) is 4.79 Å². The molecular formula is C9H10BrN3O2. The van der Waals surface area contributed by atoms with Gasteiger partial charge in [0, 0.05) is 24.5 Å². The molecule has 15 heavy (non-hydrogen) atoms. The average molecular weight is 272 g/mol. The number of carbonyl (C=O) groups excluding carboxylic acids is 1. The summed E-state index contributed by atoms with van der Waals surface area (Å²) in [6, 6.07) is 1.63. The quantitative estimate of drug-likeness (QED) is 0.798. The van der Waals surface area contributed by atoms with Crippen LogP contribution < -0.4 is 10.6 Å². The van der Waals surface area contributed by atoms with Gasteiger partial charge in [0.2, 0.25) is 5.91 Å². The molecule has 1 atom stereocenters. The number of anilines is 1. The van der Waals surface area contributed by atoms with E-state index >= 15 is 0 Å². The predicted molar refractivity (Wildman–Crippen MR) is 59.1 cm³/mol. The molecule has 1 unspecified atom stereocenters. The Bertz CT molecular complexity index is 431. The zero-order valence-electron chi connectivity index (χ0n) is 7.94. The van der Waals surface area contributed by atoms with Crippen LogP contribution in [0.25, 0.3) is 0 Å². The first-order valence-corrected chi connectivity index (χ1v) is 5.74. The average Bonchev–Trinajstić information content (AvgIpc) is 2.60. The minimum Gasteiger partial charge on any atom is -0.298 e. The summed E-state index contributed by atoms with van der Waals surface area (Å²) in [5.41, 5.74) is -0.428. The lowest BCUT2D eigenvalue weighted by molar-refractivity contribution is -0.117. The molecule has 1 saturated heterocycles. The van der Waals surface area contributed by atoms with Crippen LogP contribution in [0.1, 0.15) is 6.42 Å². The molecule has 0 aromatic carbocycles. The van der Waals surface area contributed by atoms with Crippen molar-refractivity contribution in [1.29, 1.82) is 0 Å². The highest BCUT2D eigenvalue weighted by molar-refractivity contribution is 9.09. The maximum atomic E-state index is 11.6. The maximum absolute atomic E-state index is 11.6. The van der Waals surface area contributed by atoms with E-state index in [-0.39, 0.29) is 5.91 Å². The van der Waals surface area contributed by atoms with Crippen molar-refractivity contribution in [2.24, 2.45) is 5.92 Å². The number of nitrogens with zero attached hydrogens (tertiary/aromatic N) is 2. The minimum absolute atomic E-state index is 0.0429. The van der Waals surface area contributed by atoms with Crippen molar-refractivity contribution >= 4 is 27.7 Å². The first kappa shape index (κ1) is 10.4. The second-order valence-electron chi connectivity index (χ2n) is 3.49. The van der Waals surface area contributed by atoms with E-state index < -0.39 is 5.69 Å². The molecule has 0 radical (unpaired) electrons. The van der Waals surface area contributed by atoms with Gasteiger partial charge in [-0.1, -0.05) is 15.9 Å². The van der Waals surface area contributed by atoms with E-state index in [2.05, 4.69) is 25.9 Å². The van der Waals surface area contributed by atoms with E-state index in [4.69, 9.17) is 0 Å². The molecule has 1 fully saturated rings. The van der Waals surface area contributed by atoms with Crippen LogP contribution in [0.4, 0.5) is 5.82 Å². The number of carbonyl (C=O) groups is 1. The van der Waals surface area contributed by atoms with Gasteiger partial charge in [-0.2, -0.15) is 0 Å². The molecule has 0 aliphatic carbocycles. The van der Waals surface area contributed by atoms with Gasteiger partial charge in [-0.05, 0) is 12.0 Å². The van der Waals surface area contributed by atoms with E-state index in [1.54, 1.807) is 11.0 Å². The molecule has 0 saturated carbocycles. The van der Waals surface area contributed by atoms with Crippen molar-refractivity contribution in [2.45, 2.75) is 6.42 Å². The highest BCUT2D eigenvalue weighted by Crippen LogP contribution is 2.23. The van der Waals surface area contributed by atoms with Crippen LogP contribution in [0.3, 0.4) is 0 Å². The highest BCUT2D eigenvalue weighted by Gasteiger charge is 2.30. The summed E-state index contributed by atoms with van der Waals surface area (Å²) in [6.07, 6.45) is 1.93. The van der Waals surface area contributed by atoms with Gasteiger partial charge in [0.15, 0.2) is 0 Å². The number of hydrogen-bond acceptors (Lipinski definition) is 3. The molecule has 2 rings (SSSR count). The largest absolute Gasteiger partial charge is 0.346 e. The van der Waals surface area contributed by atoms with Crippen molar-refractivity contribution in [3.05, 3.63) is 22.7 Å². The molecule has 0 bridgehead atoms. The smallest absolute Gasteiger partial charge is 0.298 e. The van der Waals surface area contributed by atoms with E-state index in [1.165, 1.54) is 6.20 Å². The summed E-state index contributed by atoms with van der Waals surface area (Å²) < 4.78 is 0. The maximum Gasteiger partial charge on any atom is 0.346 e. The van der Waals surface area contributed by atoms with Crippen LogP contribution in [-0.4, -0.2) is 27.7 Å². The van der Waals surface area contributed by atoms with Gasteiger partial charge in [0.25, 0.3) is 0 Å². The molecule has 1 aliphatic rings. The lowest BCUT2D eigenvalue weighted by atomic mass is 10.2. The number of aromatic nitrogens is 2. The van der Waals surface area contributed by atoms with Crippen LogP contribution in [0.5, 0.6) is 0 Å². The molecule has 0 spiro atoms. The topological polar surface area (TPSA) is 66.1 Å². The standard InChI is InChI=1S/C9H10BrN3O2/c10-4-6-3-8(14)13(5-6)7-1-2-11-9(15)12-7/h1-2,6H,3-5H2,(H,11,12,15). The van der Waals surface area contributed by atoms with Crippen molar-refractivity contribution in [2.75, 3.05) is 16.8 Å². The number of aromatic amines is 1. The zero-order chi connectivity index (χ0) is 10.8. The van der Waals surface area contributed by atoms with Crippen molar-refractivity contribution < 1.29 is 4.79 Å². The highest BCUT2D eigenvalue weighted by atomic mass is 79.9. The van der Waals surface area contributed by atoms with Gasteiger partial charge >= 0.3 is 5.69 Å². The Kier molecular flexibility index (Phi) is 2.86. The summed E-state index contributed by atoms with van der Waals surface area (Å²) in [5, 5.41) is 0.796. The van der Waals surface area contributed by atoms with E-state index in [9.17, 15) is 9.59 Å². The van der Waals surface area contributed by atoms with Crippen LogP contribution in [0, 0.1) is 5.92 Å². The van der Waals surface area contributed by atoms with E-state index in [0.29, 0.717) is 24.7 Å². The third-order valence-corrected chi connectivity index (χ3v) is 3.29. The lowest BCUT2D eigenvalue weighted by Crippen LogP contribution is -2.28. The Morgan fingerprint density at radius 2 is 2.40 bits per heavy atom. The summed E-state index contributed by atoms with van der Waals surface area (Å²) in [5.74, 6) is 0.888. The number of halogens is 1. The Morgan fingerprint density at radius 1 is 1.60 bits per heavy atom. The summed E-state index contributed by atoms with van der Waals surface area (Å²) >= 11 is 3.36. The number of nitrogens with one attached hydrogen (secondary N) is 1. The van der Waals surface area contributed by atoms with Crippen LogP contribution >= 0.6 is 15.9 Å². The fraction of sp³-hybridized carbons (Fsp3) is 0.444. The molecule has 1 amide bonds. The molecule has 1 aliphatic heterocycles. The van der Waals surface area contributed by atoms with Crippen molar-refractivity contribution in [3.8, 4) is 0 Å². The van der Waals surface area contributed by atoms with Crippen molar-refractivity contribution in [3.63, 3.8) is 0 Å². The molecule has 2 heterocycles. The number of alkyl halides is 1. The second-order valence-corrected chi connectivity index (χ2v) is 4.14. The van der Waals surface area contributed by atoms with Gasteiger partial charge in [-0.15, -0.1) is 0 Å². The van der Waals surface area contributed by atoms with Crippen LogP contribution in [0.2, 0.25) is 0 Å². The monoisotopic (exact) mass is 271 g/mol. The van der Waals surface area contributed by atoms with Crippen molar-refractivity contribution in [1.82, 2.24) is 9.97 Å². The normalized spacial score (nSPS) is 21.0. The Labute approximate surface area is 94.6 Å². The molecular weight excluding hydrogens is 262 g/mol. The third kappa shape index (κ3) is 2.09. The zero-order valence-corrected chi connectivity index (χ0v) is 9.53. The second kappa shape index (κ2) is 4.14. The van der Waals surface area contributed by atoms with Gasteiger partial charge in [-0.3, -0.25) is 14.7 Å². The first-order valence-electron chi connectivity index (χ1n) is 4.62. The van der Waals surface area contributed by atoms with Gasteiger partial charge < -0.3 is 0 Å². The van der Waals surface area contributed by atoms with Gasteiger partial charge in [0.05, 0.1) is 0 Å². The first-order chi connectivity index (χ1) is 7.20. The molecule has 1 N–H and O–H groups in total. The number of hydrogen-bond donors (Lipinski definition) is 1. The molecule has 80 valence electrons. The number of amides is 1. The SMILES string of the molecule is O=C1CC(CBr)CN1c1ccnc(=O)[nH]1. The Hall–Kier alpha value is -1.17. The van der Waals surface area contributed by atoms with Gasteiger partial charge in [0.1, 0.15) is 5.82 Å². The summed E-state index contributed by atoms with van der Waals surface area (Å²) in [4.78, 5) is 30.3. The molecule has 1 aromatic rings. The molecule has 5 nitrogen and oxygen atoms in total. The fourth-order valence-electron chi connectivity index (χ4n) is 1.63. The Morgan fingerprint density at radius 3 is 3.00 bits per heavy atom. The molecule has 1 aromatic heterocycles. The lowest BCUT2D eigenvalue weighted by Gasteiger charge is -2.14. The number of rotatable bonds is 2. The van der Waals surface area contributed by atoms with Crippen LogP contribution in [0.15, 0.2) is 17.1 Å².